The fourth-order valence-corrected chi connectivity index (χ4v) is 1.42. The van der Waals surface area contributed by atoms with E-state index in [4.69, 9.17) is 0 Å². The molecule has 1 N–H and O–H groups in total. The Morgan fingerprint density at radius 2 is 2.07 bits per heavy atom. The van der Waals surface area contributed by atoms with Crippen LogP contribution < -0.4 is 5.32 Å². The molecule has 0 saturated heterocycles. The molecule has 0 spiro atoms. The summed E-state index contributed by atoms with van der Waals surface area (Å²) in [6.07, 6.45) is 2.66. The lowest BCUT2D eigenvalue weighted by molar-refractivity contribution is 0.631. The van der Waals surface area contributed by atoms with Crippen LogP contribution in [-0.4, -0.2) is 16.5 Å². The van der Waals surface area contributed by atoms with Crippen molar-refractivity contribution in [2.45, 2.75) is 34.1 Å². The number of rotatable bonds is 4. The third kappa shape index (κ3) is 2.69. The van der Waals surface area contributed by atoms with Gasteiger partial charge in [-0.1, -0.05) is 13.8 Å². The molecule has 0 fully saturated rings. The summed E-state index contributed by atoms with van der Waals surface area (Å²) in [5, 5.41) is 3.24. The highest BCUT2D eigenvalue weighted by Crippen LogP contribution is 2.16. The maximum atomic E-state index is 4.31. The predicted octanol–water partition coefficient (Wildman–Crippen LogP) is 2.42. The molecule has 0 saturated carbocycles. The first kappa shape index (κ1) is 11.0. The monoisotopic (exact) mass is 193 g/mol. The van der Waals surface area contributed by atoms with E-state index in [-0.39, 0.29) is 0 Å². The van der Waals surface area contributed by atoms with Gasteiger partial charge in [-0.2, -0.15) is 0 Å². The first-order valence-electron chi connectivity index (χ1n) is 5.19. The molecular formula is C11H19N3. The van der Waals surface area contributed by atoms with E-state index in [9.17, 15) is 0 Å². The van der Waals surface area contributed by atoms with Crippen molar-refractivity contribution in [2.75, 3.05) is 11.9 Å². The predicted molar refractivity (Wildman–Crippen MR) is 59.5 cm³/mol. The summed E-state index contributed by atoms with van der Waals surface area (Å²) in [4.78, 5) is 8.52. The van der Waals surface area contributed by atoms with Gasteiger partial charge in [-0.05, 0) is 26.2 Å². The van der Waals surface area contributed by atoms with Gasteiger partial charge in [0.25, 0.3) is 0 Å². The van der Waals surface area contributed by atoms with E-state index in [0.717, 1.165) is 24.5 Å². The molecule has 3 heteroatoms. The Morgan fingerprint density at radius 1 is 1.36 bits per heavy atom. The summed E-state index contributed by atoms with van der Waals surface area (Å²) >= 11 is 0. The third-order valence-electron chi connectivity index (χ3n) is 2.13. The van der Waals surface area contributed by atoms with Crippen LogP contribution in [0.25, 0.3) is 0 Å². The number of hydrogen-bond donors (Lipinski definition) is 1. The van der Waals surface area contributed by atoms with Crippen LogP contribution in [0, 0.1) is 12.8 Å². The minimum Gasteiger partial charge on any atom is -0.370 e. The van der Waals surface area contributed by atoms with Crippen molar-refractivity contribution < 1.29 is 0 Å². The molecule has 0 atom stereocenters. The summed E-state index contributed by atoms with van der Waals surface area (Å²) in [5.74, 6) is 1.61. The number of nitrogens with zero attached hydrogens (tertiary/aromatic N) is 2. The largest absolute Gasteiger partial charge is 0.370 e. The van der Waals surface area contributed by atoms with Crippen molar-refractivity contribution in [3.05, 3.63) is 17.6 Å². The normalized spacial score (nSPS) is 10.6. The molecule has 0 radical (unpaired) electrons. The fraction of sp³-hybridized carbons (Fsp3) is 0.636. The first-order valence-corrected chi connectivity index (χ1v) is 5.19. The fourth-order valence-electron chi connectivity index (χ4n) is 1.42. The second-order valence-electron chi connectivity index (χ2n) is 3.92. The Bertz CT molecular complexity index is 295. The average molecular weight is 193 g/mol. The topological polar surface area (TPSA) is 37.8 Å². The lowest BCUT2D eigenvalue weighted by Crippen LogP contribution is -2.07. The highest BCUT2D eigenvalue weighted by molar-refractivity contribution is 5.44. The van der Waals surface area contributed by atoms with E-state index in [1.165, 1.54) is 5.56 Å². The lowest BCUT2D eigenvalue weighted by Gasteiger charge is -2.11. The van der Waals surface area contributed by atoms with Gasteiger partial charge >= 0.3 is 0 Å². The van der Waals surface area contributed by atoms with Crippen LogP contribution in [0.1, 0.15) is 32.0 Å². The molecule has 1 aromatic heterocycles. The third-order valence-corrected chi connectivity index (χ3v) is 2.13. The van der Waals surface area contributed by atoms with Gasteiger partial charge in [0.15, 0.2) is 0 Å². The van der Waals surface area contributed by atoms with Crippen molar-refractivity contribution >= 4 is 5.82 Å². The molecule has 0 aliphatic carbocycles. The smallest absolute Gasteiger partial charge is 0.132 e. The number of aromatic nitrogens is 2. The quantitative estimate of drug-likeness (QED) is 0.798. The minimum atomic E-state index is 0.637. The van der Waals surface area contributed by atoms with E-state index in [1.54, 1.807) is 6.33 Å². The van der Waals surface area contributed by atoms with Crippen LogP contribution in [0.5, 0.6) is 0 Å². The van der Waals surface area contributed by atoms with Crippen molar-refractivity contribution in [3.63, 3.8) is 0 Å². The number of nitrogens with one attached hydrogen (secondary N) is 1. The van der Waals surface area contributed by atoms with E-state index < -0.39 is 0 Å². The highest BCUT2D eigenvalue weighted by atomic mass is 15.0. The molecule has 0 unspecified atom stereocenters. The van der Waals surface area contributed by atoms with Gasteiger partial charge in [-0.15, -0.1) is 0 Å². The standard InChI is InChI=1S/C11H19N3/c1-5-12-11-9(4)10(6-8(2)3)13-7-14-11/h7-8H,5-6H2,1-4H3,(H,12,13,14). The van der Waals surface area contributed by atoms with Crippen LogP contribution in [0.15, 0.2) is 6.33 Å². The molecule has 0 bridgehead atoms. The molecular weight excluding hydrogens is 174 g/mol. The summed E-state index contributed by atoms with van der Waals surface area (Å²) < 4.78 is 0. The Hall–Kier alpha value is -1.12. The van der Waals surface area contributed by atoms with Crippen molar-refractivity contribution in [2.24, 2.45) is 5.92 Å². The summed E-state index contributed by atoms with van der Waals surface area (Å²) in [7, 11) is 0. The summed E-state index contributed by atoms with van der Waals surface area (Å²) in [6.45, 7) is 9.46. The SMILES string of the molecule is CCNc1ncnc(CC(C)C)c1C. The highest BCUT2D eigenvalue weighted by Gasteiger charge is 2.07. The van der Waals surface area contributed by atoms with E-state index >= 15 is 0 Å². The molecule has 0 aliphatic heterocycles. The summed E-state index contributed by atoms with van der Waals surface area (Å²) in [6, 6.07) is 0. The van der Waals surface area contributed by atoms with Crippen LogP contribution in [-0.2, 0) is 6.42 Å². The summed E-state index contributed by atoms with van der Waals surface area (Å²) in [5.41, 5.74) is 2.34. The Morgan fingerprint density at radius 3 is 2.64 bits per heavy atom. The lowest BCUT2D eigenvalue weighted by atomic mass is 10.0. The number of hydrogen-bond acceptors (Lipinski definition) is 3. The second-order valence-corrected chi connectivity index (χ2v) is 3.92. The Kier molecular flexibility index (Phi) is 3.86. The van der Waals surface area contributed by atoms with Gasteiger partial charge < -0.3 is 5.32 Å². The zero-order chi connectivity index (χ0) is 10.6. The van der Waals surface area contributed by atoms with E-state index in [2.05, 4.69) is 43.0 Å². The van der Waals surface area contributed by atoms with Crippen LogP contribution in [0.4, 0.5) is 5.82 Å². The van der Waals surface area contributed by atoms with Gasteiger partial charge in [0.05, 0.1) is 0 Å². The molecule has 1 heterocycles. The zero-order valence-corrected chi connectivity index (χ0v) is 9.46. The van der Waals surface area contributed by atoms with E-state index in [1.807, 2.05) is 0 Å². The van der Waals surface area contributed by atoms with Crippen molar-refractivity contribution in [1.82, 2.24) is 9.97 Å². The number of anilines is 1. The van der Waals surface area contributed by atoms with Gasteiger partial charge in [-0.25, -0.2) is 9.97 Å². The molecule has 14 heavy (non-hydrogen) atoms. The zero-order valence-electron chi connectivity index (χ0n) is 9.46. The van der Waals surface area contributed by atoms with Gasteiger partial charge in [0.2, 0.25) is 0 Å². The van der Waals surface area contributed by atoms with Crippen molar-refractivity contribution in [3.8, 4) is 0 Å². The van der Waals surface area contributed by atoms with Gasteiger partial charge in [-0.3, -0.25) is 0 Å². The second kappa shape index (κ2) is 4.94. The molecule has 1 rings (SSSR count). The maximum absolute atomic E-state index is 4.31. The van der Waals surface area contributed by atoms with Crippen molar-refractivity contribution in [1.29, 1.82) is 0 Å². The van der Waals surface area contributed by atoms with E-state index in [0.29, 0.717) is 5.92 Å². The first-order chi connectivity index (χ1) is 6.65. The molecule has 0 aromatic carbocycles. The van der Waals surface area contributed by atoms with Crippen LogP contribution in [0.3, 0.4) is 0 Å². The molecule has 0 aliphatic rings. The average Bonchev–Trinajstić information content (AvgIpc) is 2.11. The minimum absolute atomic E-state index is 0.637. The molecule has 78 valence electrons. The van der Waals surface area contributed by atoms with Crippen LogP contribution in [0.2, 0.25) is 0 Å². The van der Waals surface area contributed by atoms with Gasteiger partial charge in [0, 0.05) is 17.8 Å². The van der Waals surface area contributed by atoms with Gasteiger partial charge in [0.1, 0.15) is 12.1 Å². The Labute approximate surface area is 86.0 Å². The van der Waals surface area contributed by atoms with Crippen LogP contribution >= 0.6 is 0 Å². The Balaban J connectivity index is 2.89. The molecule has 0 amide bonds. The molecule has 3 nitrogen and oxygen atoms in total. The molecule has 1 aromatic rings. The maximum Gasteiger partial charge on any atom is 0.132 e.